The maximum atomic E-state index is 12.2. The standard InChI is InChI=1S/C14H16ClN3O/c1-3-18(4-2)14(19)13-9-12(16-17-13)10-7-5-6-8-11(10)15/h5-9H,3-4H2,1-2H3,(H,16,17). The molecule has 100 valence electrons. The second-order valence-corrected chi connectivity index (χ2v) is 4.53. The summed E-state index contributed by atoms with van der Waals surface area (Å²) in [6.45, 7) is 5.26. The molecule has 0 saturated carbocycles. The van der Waals surface area contributed by atoms with E-state index in [4.69, 9.17) is 11.6 Å². The molecule has 0 radical (unpaired) electrons. The monoisotopic (exact) mass is 277 g/mol. The minimum absolute atomic E-state index is 0.0456. The van der Waals surface area contributed by atoms with E-state index in [9.17, 15) is 4.79 Å². The Hall–Kier alpha value is -1.81. The van der Waals surface area contributed by atoms with Crippen molar-refractivity contribution in [1.82, 2.24) is 15.1 Å². The predicted octanol–water partition coefficient (Wildman–Crippen LogP) is 3.21. The van der Waals surface area contributed by atoms with Crippen LogP contribution in [0.4, 0.5) is 0 Å². The minimum atomic E-state index is -0.0456. The van der Waals surface area contributed by atoms with E-state index in [0.29, 0.717) is 29.5 Å². The molecule has 0 aliphatic heterocycles. The fourth-order valence-corrected chi connectivity index (χ4v) is 2.15. The van der Waals surface area contributed by atoms with E-state index in [0.717, 1.165) is 5.56 Å². The maximum absolute atomic E-state index is 12.2. The van der Waals surface area contributed by atoms with Gasteiger partial charge in [-0.3, -0.25) is 9.89 Å². The van der Waals surface area contributed by atoms with Crippen LogP contribution in [-0.2, 0) is 0 Å². The van der Waals surface area contributed by atoms with E-state index in [1.165, 1.54) is 0 Å². The van der Waals surface area contributed by atoms with Crippen molar-refractivity contribution < 1.29 is 4.79 Å². The average Bonchev–Trinajstić information content (AvgIpc) is 2.90. The molecule has 1 aromatic carbocycles. The summed E-state index contributed by atoms with van der Waals surface area (Å²) >= 11 is 6.12. The first-order valence-corrected chi connectivity index (χ1v) is 6.64. The van der Waals surface area contributed by atoms with E-state index in [1.807, 2.05) is 32.0 Å². The lowest BCUT2D eigenvalue weighted by Crippen LogP contribution is -2.30. The number of nitrogens with one attached hydrogen (secondary N) is 1. The second-order valence-electron chi connectivity index (χ2n) is 4.12. The molecule has 0 fully saturated rings. The number of hydrogen-bond donors (Lipinski definition) is 1. The van der Waals surface area contributed by atoms with Gasteiger partial charge in [-0.25, -0.2) is 0 Å². The van der Waals surface area contributed by atoms with Gasteiger partial charge in [-0.1, -0.05) is 29.8 Å². The molecular weight excluding hydrogens is 262 g/mol. The van der Waals surface area contributed by atoms with Crippen LogP contribution in [0.15, 0.2) is 30.3 Å². The molecule has 0 atom stereocenters. The van der Waals surface area contributed by atoms with E-state index < -0.39 is 0 Å². The summed E-state index contributed by atoms with van der Waals surface area (Å²) in [4.78, 5) is 13.9. The number of benzene rings is 1. The molecular formula is C14H16ClN3O. The number of rotatable bonds is 4. The summed E-state index contributed by atoms with van der Waals surface area (Å²) in [5, 5.41) is 7.56. The number of amides is 1. The van der Waals surface area contributed by atoms with Crippen LogP contribution in [0.3, 0.4) is 0 Å². The van der Waals surface area contributed by atoms with Crippen LogP contribution in [0.2, 0.25) is 5.02 Å². The largest absolute Gasteiger partial charge is 0.338 e. The van der Waals surface area contributed by atoms with Crippen molar-refractivity contribution in [2.24, 2.45) is 0 Å². The number of aromatic amines is 1. The van der Waals surface area contributed by atoms with Crippen molar-refractivity contribution in [2.45, 2.75) is 13.8 Å². The summed E-state index contributed by atoms with van der Waals surface area (Å²) < 4.78 is 0. The van der Waals surface area contributed by atoms with Crippen LogP contribution in [0.5, 0.6) is 0 Å². The number of halogens is 1. The van der Waals surface area contributed by atoms with Gasteiger partial charge >= 0.3 is 0 Å². The molecule has 1 amide bonds. The topological polar surface area (TPSA) is 49.0 Å². The zero-order valence-corrected chi connectivity index (χ0v) is 11.7. The lowest BCUT2D eigenvalue weighted by atomic mass is 10.1. The van der Waals surface area contributed by atoms with Gasteiger partial charge in [-0.15, -0.1) is 0 Å². The summed E-state index contributed by atoms with van der Waals surface area (Å²) in [6.07, 6.45) is 0. The zero-order chi connectivity index (χ0) is 13.8. The molecule has 1 aromatic heterocycles. The smallest absolute Gasteiger partial charge is 0.271 e. The number of H-pyrrole nitrogens is 1. The third-order valence-corrected chi connectivity index (χ3v) is 3.34. The molecule has 4 nitrogen and oxygen atoms in total. The van der Waals surface area contributed by atoms with E-state index in [2.05, 4.69) is 10.2 Å². The van der Waals surface area contributed by atoms with Gasteiger partial charge in [0.05, 0.1) is 10.7 Å². The molecule has 0 aliphatic rings. The van der Waals surface area contributed by atoms with Crippen molar-refractivity contribution in [2.75, 3.05) is 13.1 Å². The van der Waals surface area contributed by atoms with Crippen LogP contribution in [0.25, 0.3) is 11.3 Å². The van der Waals surface area contributed by atoms with Crippen molar-refractivity contribution in [3.8, 4) is 11.3 Å². The Balaban J connectivity index is 2.29. The van der Waals surface area contributed by atoms with Crippen molar-refractivity contribution >= 4 is 17.5 Å². The first-order chi connectivity index (χ1) is 9.17. The van der Waals surface area contributed by atoms with E-state index in [-0.39, 0.29) is 5.91 Å². The Morgan fingerprint density at radius 3 is 2.63 bits per heavy atom. The third kappa shape index (κ3) is 2.79. The highest BCUT2D eigenvalue weighted by atomic mass is 35.5. The number of nitrogens with zero attached hydrogens (tertiary/aromatic N) is 2. The van der Waals surface area contributed by atoms with Crippen molar-refractivity contribution in [3.63, 3.8) is 0 Å². The Morgan fingerprint density at radius 1 is 1.32 bits per heavy atom. The number of carbonyl (C=O) groups excluding carboxylic acids is 1. The molecule has 1 heterocycles. The van der Waals surface area contributed by atoms with Crippen LogP contribution in [0.1, 0.15) is 24.3 Å². The van der Waals surface area contributed by atoms with Gasteiger partial charge in [-0.05, 0) is 26.0 Å². The average molecular weight is 278 g/mol. The van der Waals surface area contributed by atoms with Crippen LogP contribution >= 0.6 is 11.6 Å². The van der Waals surface area contributed by atoms with Crippen molar-refractivity contribution in [3.05, 3.63) is 41.0 Å². The Bertz CT molecular complexity index is 576. The minimum Gasteiger partial charge on any atom is -0.338 e. The molecule has 19 heavy (non-hydrogen) atoms. The lowest BCUT2D eigenvalue weighted by Gasteiger charge is -2.16. The Morgan fingerprint density at radius 2 is 2.00 bits per heavy atom. The molecule has 0 bridgehead atoms. The number of hydrogen-bond acceptors (Lipinski definition) is 2. The van der Waals surface area contributed by atoms with Gasteiger partial charge in [0, 0.05) is 18.7 Å². The summed E-state index contributed by atoms with van der Waals surface area (Å²) in [5.74, 6) is -0.0456. The second kappa shape index (κ2) is 5.89. The van der Waals surface area contributed by atoms with Gasteiger partial charge in [-0.2, -0.15) is 5.10 Å². The first-order valence-electron chi connectivity index (χ1n) is 6.27. The highest BCUT2D eigenvalue weighted by molar-refractivity contribution is 6.33. The third-order valence-electron chi connectivity index (χ3n) is 3.01. The van der Waals surface area contributed by atoms with Crippen LogP contribution in [-0.4, -0.2) is 34.1 Å². The number of aromatic nitrogens is 2. The fourth-order valence-electron chi connectivity index (χ4n) is 1.92. The molecule has 5 heteroatoms. The summed E-state index contributed by atoms with van der Waals surface area (Å²) in [6, 6.07) is 9.17. The van der Waals surface area contributed by atoms with Gasteiger partial charge in [0.25, 0.3) is 5.91 Å². The van der Waals surface area contributed by atoms with Crippen LogP contribution < -0.4 is 0 Å². The maximum Gasteiger partial charge on any atom is 0.271 e. The molecule has 2 rings (SSSR count). The van der Waals surface area contributed by atoms with Gasteiger partial charge in [0.15, 0.2) is 0 Å². The zero-order valence-electron chi connectivity index (χ0n) is 11.0. The van der Waals surface area contributed by atoms with E-state index in [1.54, 1.807) is 17.0 Å². The van der Waals surface area contributed by atoms with Gasteiger partial charge in [0.1, 0.15) is 5.69 Å². The predicted molar refractivity (Wildman–Crippen MR) is 76.3 cm³/mol. The fraction of sp³-hybridized carbons (Fsp3) is 0.286. The van der Waals surface area contributed by atoms with Gasteiger partial charge in [0.2, 0.25) is 0 Å². The lowest BCUT2D eigenvalue weighted by molar-refractivity contribution is 0.0767. The summed E-state index contributed by atoms with van der Waals surface area (Å²) in [7, 11) is 0. The van der Waals surface area contributed by atoms with E-state index >= 15 is 0 Å². The highest BCUT2D eigenvalue weighted by Crippen LogP contribution is 2.26. The molecule has 2 aromatic rings. The Kier molecular flexibility index (Phi) is 4.22. The molecule has 0 unspecified atom stereocenters. The highest BCUT2D eigenvalue weighted by Gasteiger charge is 2.16. The van der Waals surface area contributed by atoms with Gasteiger partial charge < -0.3 is 4.90 Å². The number of carbonyl (C=O) groups is 1. The van der Waals surface area contributed by atoms with Crippen molar-refractivity contribution in [1.29, 1.82) is 0 Å². The van der Waals surface area contributed by atoms with Crippen LogP contribution in [0, 0.1) is 0 Å². The molecule has 0 saturated heterocycles. The molecule has 0 aliphatic carbocycles. The first kappa shape index (κ1) is 13.6. The molecule has 0 spiro atoms. The summed E-state index contributed by atoms with van der Waals surface area (Å²) in [5.41, 5.74) is 1.98. The molecule has 1 N–H and O–H groups in total. The normalized spacial score (nSPS) is 10.5. The quantitative estimate of drug-likeness (QED) is 0.933. The Labute approximate surface area is 117 Å². The SMILES string of the molecule is CCN(CC)C(=O)c1cc(-c2ccccc2Cl)n[nH]1.